The maximum absolute atomic E-state index is 12.2. The number of nitrogens with one attached hydrogen (secondary N) is 1. The van der Waals surface area contributed by atoms with Crippen molar-refractivity contribution in [1.82, 2.24) is 4.90 Å². The van der Waals surface area contributed by atoms with E-state index in [4.69, 9.17) is 9.47 Å². The zero-order valence-corrected chi connectivity index (χ0v) is 16.4. The van der Waals surface area contributed by atoms with Crippen molar-refractivity contribution in [3.63, 3.8) is 0 Å². The van der Waals surface area contributed by atoms with Crippen LogP contribution in [0, 0.1) is 0 Å². The molecule has 0 spiro atoms. The first kappa shape index (κ1) is 20.1. The van der Waals surface area contributed by atoms with Crippen molar-refractivity contribution in [2.24, 2.45) is 0 Å². The third kappa shape index (κ3) is 3.82. The van der Waals surface area contributed by atoms with Gasteiger partial charge in [0.25, 0.3) is 23.6 Å². The molecule has 4 rings (SSSR count). The van der Waals surface area contributed by atoms with E-state index in [1.165, 1.54) is 30.1 Å². The first-order valence-corrected chi connectivity index (χ1v) is 9.29. The maximum atomic E-state index is 12.2. The minimum Gasteiger partial charge on any atom is -0.482 e. The quantitative estimate of drug-likeness (QED) is 0.558. The number of carbonyl (C=O) groups excluding carboxylic acids is 5. The fourth-order valence-electron chi connectivity index (χ4n) is 3.28. The minimum absolute atomic E-state index is 0.187. The van der Waals surface area contributed by atoms with Crippen LogP contribution in [0.3, 0.4) is 0 Å². The van der Waals surface area contributed by atoms with Crippen LogP contribution in [0.2, 0.25) is 0 Å². The van der Waals surface area contributed by atoms with E-state index in [0.717, 1.165) is 4.90 Å². The normalized spacial score (nSPS) is 14.7. The molecule has 2 aromatic carbocycles. The first-order valence-electron chi connectivity index (χ1n) is 9.29. The molecule has 0 saturated heterocycles. The summed E-state index contributed by atoms with van der Waals surface area (Å²) in [7, 11) is 1.37. The zero-order chi connectivity index (χ0) is 22.1. The van der Waals surface area contributed by atoms with Gasteiger partial charge in [0.1, 0.15) is 12.3 Å². The summed E-state index contributed by atoms with van der Waals surface area (Å²) in [5.41, 5.74) is 1.18. The highest BCUT2D eigenvalue weighted by atomic mass is 16.5. The smallest absolute Gasteiger partial charge is 0.326 e. The van der Waals surface area contributed by atoms with Crippen LogP contribution in [-0.2, 0) is 19.1 Å². The van der Waals surface area contributed by atoms with Crippen molar-refractivity contribution in [1.29, 1.82) is 0 Å². The Morgan fingerprint density at radius 1 is 1.06 bits per heavy atom. The van der Waals surface area contributed by atoms with Crippen molar-refractivity contribution in [3.05, 3.63) is 53.6 Å². The average Bonchev–Trinajstić information content (AvgIpc) is 2.98. The van der Waals surface area contributed by atoms with E-state index in [1.807, 2.05) is 0 Å². The standard InChI is InChI=1S/C21H17N3O7/c1-23-20(28)13-7-6-12(8-14(13)21(23)29)22-17(25)10-31-19(27)9-24-15-4-2-3-5-16(15)30-11-18(24)26/h2-8H,9-11H2,1H3,(H,22,25). The topological polar surface area (TPSA) is 122 Å². The Hall–Kier alpha value is -4.21. The molecule has 2 aromatic rings. The summed E-state index contributed by atoms with van der Waals surface area (Å²) < 4.78 is 10.3. The number of rotatable bonds is 5. The number of fused-ring (bicyclic) bond motifs is 2. The SMILES string of the molecule is CN1C(=O)c2ccc(NC(=O)COC(=O)CN3C(=O)COc4ccccc43)cc2C1=O. The predicted molar refractivity (Wildman–Crippen MR) is 107 cm³/mol. The lowest BCUT2D eigenvalue weighted by Gasteiger charge is -2.28. The number of hydrogen-bond acceptors (Lipinski definition) is 7. The number of para-hydroxylation sites is 2. The number of amides is 4. The van der Waals surface area contributed by atoms with Gasteiger partial charge in [-0.3, -0.25) is 33.8 Å². The van der Waals surface area contributed by atoms with Crippen LogP contribution in [0.25, 0.3) is 0 Å². The van der Waals surface area contributed by atoms with Crippen LogP contribution >= 0.6 is 0 Å². The minimum atomic E-state index is -0.767. The third-order valence-electron chi connectivity index (χ3n) is 4.83. The van der Waals surface area contributed by atoms with Gasteiger partial charge in [-0.05, 0) is 30.3 Å². The molecule has 158 valence electrons. The molecular weight excluding hydrogens is 406 g/mol. The molecule has 0 fully saturated rings. The highest BCUT2D eigenvalue weighted by molar-refractivity contribution is 6.21. The molecule has 10 nitrogen and oxygen atoms in total. The van der Waals surface area contributed by atoms with E-state index in [1.54, 1.807) is 24.3 Å². The Balaban J connectivity index is 1.34. The molecular formula is C21H17N3O7. The lowest BCUT2D eigenvalue weighted by molar-refractivity contribution is -0.146. The Kier molecular flexibility index (Phi) is 5.12. The number of anilines is 2. The summed E-state index contributed by atoms with van der Waals surface area (Å²) in [5.74, 6) is -2.20. The van der Waals surface area contributed by atoms with Gasteiger partial charge in [0.2, 0.25) is 0 Å². The number of hydrogen-bond donors (Lipinski definition) is 1. The highest BCUT2D eigenvalue weighted by Crippen LogP contribution is 2.31. The Labute approximate surface area is 176 Å². The van der Waals surface area contributed by atoms with Crippen LogP contribution in [0.1, 0.15) is 20.7 Å². The molecule has 4 amide bonds. The number of ether oxygens (including phenoxy) is 2. The largest absolute Gasteiger partial charge is 0.482 e. The first-order chi connectivity index (χ1) is 14.8. The lowest BCUT2D eigenvalue weighted by atomic mass is 10.1. The van der Waals surface area contributed by atoms with E-state index < -0.39 is 36.2 Å². The molecule has 0 unspecified atom stereocenters. The van der Waals surface area contributed by atoms with Gasteiger partial charge in [0, 0.05) is 12.7 Å². The monoisotopic (exact) mass is 423 g/mol. The predicted octanol–water partition coefficient (Wildman–Crippen LogP) is 0.820. The van der Waals surface area contributed by atoms with Gasteiger partial charge in [0.15, 0.2) is 13.2 Å². The third-order valence-corrected chi connectivity index (χ3v) is 4.83. The molecule has 10 heteroatoms. The molecule has 31 heavy (non-hydrogen) atoms. The van der Waals surface area contributed by atoms with E-state index in [-0.39, 0.29) is 30.0 Å². The number of imide groups is 1. The van der Waals surface area contributed by atoms with Crippen LogP contribution < -0.4 is 15.0 Å². The summed E-state index contributed by atoms with van der Waals surface area (Å²) in [6.45, 7) is -1.14. The molecule has 0 aromatic heterocycles. The van der Waals surface area contributed by atoms with E-state index in [0.29, 0.717) is 11.4 Å². The molecule has 2 aliphatic heterocycles. The van der Waals surface area contributed by atoms with Crippen molar-refractivity contribution >= 4 is 41.0 Å². The van der Waals surface area contributed by atoms with E-state index in [2.05, 4.69) is 5.32 Å². The van der Waals surface area contributed by atoms with Crippen LogP contribution in [0.5, 0.6) is 5.75 Å². The molecule has 0 atom stereocenters. The zero-order valence-electron chi connectivity index (χ0n) is 16.4. The Morgan fingerprint density at radius 2 is 1.81 bits per heavy atom. The molecule has 0 bridgehead atoms. The van der Waals surface area contributed by atoms with Gasteiger partial charge in [-0.2, -0.15) is 0 Å². The number of esters is 1. The van der Waals surface area contributed by atoms with Crippen molar-refractivity contribution in [2.75, 3.05) is 37.0 Å². The summed E-state index contributed by atoms with van der Waals surface area (Å²) >= 11 is 0. The summed E-state index contributed by atoms with van der Waals surface area (Å²) in [6, 6.07) is 11.1. The van der Waals surface area contributed by atoms with Gasteiger partial charge < -0.3 is 14.8 Å². The lowest BCUT2D eigenvalue weighted by Crippen LogP contribution is -2.42. The Morgan fingerprint density at radius 3 is 2.61 bits per heavy atom. The number of carbonyl (C=O) groups is 5. The highest BCUT2D eigenvalue weighted by Gasteiger charge is 2.33. The second kappa shape index (κ2) is 7.90. The average molecular weight is 423 g/mol. The fourth-order valence-corrected chi connectivity index (χ4v) is 3.28. The van der Waals surface area contributed by atoms with Gasteiger partial charge in [-0.25, -0.2) is 0 Å². The van der Waals surface area contributed by atoms with Gasteiger partial charge >= 0.3 is 5.97 Å². The van der Waals surface area contributed by atoms with Crippen molar-refractivity contribution < 1.29 is 33.4 Å². The van der Waals surface area contributed by atoms with Gasteiger partial charge in [0.05, 0.1) is 16.8 Å². The van der Waals surface area contributed by atoms with Crippen LogP contribution in [0.4, 0.5) is 11.4 Å². The van der Waals surface area contributed by atoms with Crippen molar-refractivity contribution in [2.45, 2.75) is 0 Å². The van der Waals surface area contributed by atoms with Gasteiger partial charge in [-0.15, -0.1) is 0 Å². The van der Waals surface area contributed by atoms with Gasteiger partial charge in [-0.1, -0.05) is 12.1 Å². The second-order valence-corrected chi connectivity index (χ2v) is 6.87. The summed E-state index contributed by atoms with van der Waals surface area (Å²) in [5, 5.41) is 2.51. The molecule has 0 aliphatic carbocycles. The fraction of sp³-hybridized carbons (Fsp3) is 0.190. The molecule has 0 saturated carbocycles. The molecule has 2 aliphatic rings. The van der Waals surface area contributed by atoms with Crippen molar-refractivity contribution in [3.8, 4) is 5.75 Å². The second-order valence-electron chi connectivity index (χ2n) is 6.87. The molecule has 0 radical (unpaired) electrons. The van der Waals surface area contributed by atoms with Crippen LogP contribution in [-0.4, -0.2) is 61.3 Å². The molecule has 2 heterocycles. The number of nitrogens with zero attached hydrogens (tertiary/aromatic N) is 2. The summed E-state index contributed by atoms with van der Waals surface area (Å²) in [4.78, 5) is 62.6. The Bertz CT molecular complexity index is 1130. The molecule has 1 N–H and O–H groups in total. The van der Waals surface area contributed by atoms with E-state index in [9.17, 15) is 24.0 Å². The maximum Gasteiger partial charge on any atom is 0.326 e. The van der Waals surface area contributed by atoms with Crippen LogP contribution in [0.15, 0.2) is 42.5 Å². The summed E-state index contributed by atoms with van der Waals surface area (Å²) in [6.07, 6.45) is 0. The number of benzene rings is 2. The van der Waals surface area contributed by atoms with E-state index >= 15 is 0 Å².